The van der Waals surface area contributed by atoms with Crippen molar-refractivity contribution in [3.63, 3.8) is 0 Å². The fourth-order valence-electron chi connectivity index (χ4n) is 11.7. The highest BCUT2D eigenvalue weighted by molar-refractivity contribution is 6.17. The van der Waals surface area contributed by atoms with Gasteiger partial charge in [0.05, 0.1) is 34.0 Å². The standard InChI is InChI=1S/C70H60N4O2/c1-41(2)56-35-49(45-18-11-9-12-19-45)36-57(42(3)4)66(56)47-26-28-54-53-29-27-52(40-60(53)70-72-67-55-32-33-75-65(55)31-30-63(67)73(70)64(54)39-47)76-51-23-17-22-48(34-51)69-71-61-24-15-16-25-62(61)74(69)68-58(43(5)6)37-50(38-59(68)44(7)8)46-20-13-10-14-21-46/h9-44H,1-8H3. The molecule has 0 N–H and O–H groups in total. The van der Waals surface area contributed by atoms with Gasteiger partial charge in [-0.3, -0.25) is 8.97 Å². The molecular weight excluding hydrogens is 929 g/mol. The third-order valence-corrected chi connectivity index (χ3v) is 15.5. The minimum Gasteiger partial charge on any atom is -0.464 e. The van der Waals surface area contributed by atoms with E-state index in [4.69, 9.17) is 19.1 Å². The van der Waals surface area contributed by atoms with E-state index in [1.807, 2.05) is 12.1 Å². The zero-order chi connectivity index (χ0) is 51.9. The molecule has 0 aliphatic rings. The van der Waals surface area contributed by atoms with E-state index in [0.29, 0.717) is 11.8 Å². The van der Waals surface area contributed by atoms with Crippen LogP contribution in [0.5, 0.6) is 11.5 Å². The van der Waals surface area contributed by atoms with Gasteiger partial charge in [-0.05, 0) is 164 Å². The van der Waals surface area contributed by atoms with Crippen LogP contribution < -0.4 is 4.74 Å². The van der Waals surface area contributed by atoms with Gasteiger partial charge in [-0.25, -0.2) is 9.97 Å². The van der Waals surface area contributed by atoms with Crippen LogP contribution in [-0.4, -0.2) is 18.9 Å². The zero-order valence-corrected chi connectivity index (χ0v) is 44.4. The van der Waals surface area contributed by atoms with Gasteiger partial charge in [0.1, 0.15) is 34.1 Å². The first-order valence-electron chi connectivity index (χ1n) is 26.9. The van der Waals surface area contributed by atoms with Gasteiger partial charge in [0.25, 0.3) is 0 Å². The molecule has 0 saturated heterocycles. The summed E-state index contributed by atoms with van der Waals surface area (Å²) in [5.74, 6) is 3.43. The molecule has 13 rings (SSSR count). The van der Waals surface area contributed by atoms with Crippen molar-refractivity contribution in [3.05, 3.63) is 217 Å². The summed E-state index contributed by atoms with van der Waals surface area (Å²) in [4.78, 5) is 10.9. The van der Waals surface area contributed by atoms with E-state index in [9.17, 15) is 0 Å². The molecule has 0 fully saturated rings. The van der Waals surface area contributed by atoms with Gasteiger partial charge in [-0.15, -0.1) is 0 Å². The summed E-state index contributed by atoms with van der Waals surface area (Å²) in [7, 11) is 0. The highest BCUT2D eigenvalue weighted by Gasteiger charge is 2.25. The molecule has 0 atom stereocenters. The minimum atomic E-state index is 0.254. The second-order valence-corrected chi connectivity index (χ2v) is 21.7. The summed E-state index contributed by atoms with van der Waals surface area (Å²) in [6.07, 6.45) is 1.76. The summed E-state index contributed by atoms with van der Waals surface area (Å²) in [6.45, 7) is 18.4. The lowest BCUT2D eigenvalue weighted by molar-refractivity contribution is 0.483. The predicted molar refractivity (Wildman–Crippen MR) is 317 cm³/mol. The minimum absolute atomic E-state index is 0.254. The molecule has 0 spiro atoms. The molecule has 0 aliphatic heterocycles. The summed E-state index contributed by atoms with van der Waals surface area (Å²) in [5.41, 5.74) is 21.6. The van der Waals surface area contributed by atoms with Gasteiger partial charge in [-0.1, -0.05) is 165 Å². The molecule has 0 amide bonds. The van der Waals surface area contributed by atoms with E-state index in [1.165, 1.54) is 61.3 Å². The third kappa shape index (κ3) is 7.85. The quantitative estimate of drug-likeness (QED) is 0.121. The van der Waals surface area contributed by atoms with Crippen LogP contribution in [0.4, 0.5) is 0 Å². The average molecular weight is 989 g/mol. The third-order valence-electron chi connectivity index (χ3n) is 15.5. The smallest absolute Gasteiger partial charge is 0.146 e. The molecule has 4 heterocycles. The number of rotatable bonds is 11. The highest BCUT2D eigenvalue weighted by atomic mass is 16.5. The first kappa shape index (κ1) is 47.0. The maximum Gasteiger partial charge on any atom is 0.146 e. The number of imidazole rings is 2. The Morgan fingerprint density at radius 2 is 1.01 bits per heavy atom. The van der Waals surface area contributed by atoms with E-state index in [1.54, 1.807) is 6.26 Å². The van der Waals surface area contributed by atoms with Gasteiger partial charge in [-0.2, -0.15) is 0 Å². The maximum absolute atomic E-state index is 6.95. The molecule has 372 valence electrons. The van der Waals surface area contributed by atoms with Crippen LogP contribution >= 0.6 is 0 Å². The highest BCUT2D eigenvalue weighted by Crippen LogP contribution is 2.45. The number of para-hydroxylation sites is 2. The van der Waals surface area contributed by atoms with Crippen LogP contribution in [0.15, 0.2) is 199 Å². The van der Waals surface area contributed by atoms with Gasteiger partial charge < -0.3 is 9.15 Å². The van der Waals surface area contributed by atoms with Crippen molar-refractivity contribution in [3.8, 4) is 62.0 Å². The fraction of sp³-hybridized carbons (Fsp3) is 0.171. The lowest BCUT2D eigenvalue weighted by Crippen LogP contribution is -2.09. The number of pyridine rings is 1. The zero-order valence-electron chi connectivity index (χ0n) is 44.4. The monoisotopic (exact) mass is 988 g/mol. The summed E-state index contributed by atoms with van der Waals surface area (Å²) in [5, 5.41) is 4.24. The van der Waals surface area contributed by atoms with Gasteiger partial charge >= 0.3 is 0 Å². The Hall–Kier alpha value is -8.74. The van der Waals surface area contributed by atoms with Crippen molar-refractivity contribution in [1.82, 2.24) is 18.9 Å². The molecule has 6 nitrogen and oxygen atoms in total. The fourth-order valence-corrected chi connectivity index (χ4v) is 11.7. The molecule has 9 aromatic carbocycles. The van der Waals surface area contributed by atoms with Gasteiger partial charge in [0, 0.05) is 21.7 Å². The molecule has 0 radical (unpaired) electrons. The van der Waals surface area contributed by atoms with Crippen molar-refractivity contribution in [1.29, 1.82) is 0 Å². The Bertz CT molecular complexity index is 4320. The largest absolute Gasteiger partial charge is 0.464 e. The summed E-state index contributed by atoms with van der Waals surface area (Å²) >= 11 is 0. The number of ether oxygens (including phenoxy) is 1. The normalized spacial score (nSPS) is 12.2. The van der Waals surface area contributed by atoms with Crippen molar-refractivity contribution in [2.24, 2.45) is 0 Å². The summed E-state index contributed by atoms with van der Waals surface area (Å²) < 4.78 is 17.6. The van der Waals surface area contributed by atoms with Crippen molar-refractivity contribution < 1.29 is 9.15 Å². The maximum atomic E-state index is 6.95. The van der Waals surface area contributed by atoms with Crippen molar-refractivity contribution in [2.45, 2.75) is 79.1 Å². The summed E-state index contributed by atoms with van der Waals surface area (Å²) in [6, 6.07) is 67.7. The first-order chi connectivity index (χ1) is 37.0. The van der Waals surface area contributed by atoms with E-state index in [2.05, 4.69) is 240 Å². The number of hydrogen-bond acceptors (Lipinski definition) is 4. The van der Waals surface area contributed by atoms with Crippen LogP contribution in [-0.2, 0) is 0 Å². The van der Waals surface area contributed by atoms with Crippen molar-refractivity contribution in [2.75, 3.05) is 0 Å². The van der Waals surface area contributed by atoms with Crippen LogP contribution in [0.2, 0.25) is 0 Å². The molecule has 0 unspecified atom stereocenters. The van der Waals surface area contributed by atoms with Gasteiger partial charge in [0.2, 0.25) is 0 Å². The van der Waals surface area contributed by atoms with E-state index >= 15 is 0 Å². The van der Waals surface area contributed by atoms with E-state index in [0.717, 1.165) is 83.2 Å². The number of furan rings is 1. The second kappa shape index (κ2) is 18.6. The second-order valence-electron chi connectivity index (χ2n) is 21.7. The molecule has 6 heteroatoms. The number of benzene rings is 9. The van der Waals surface area contributed by atoms with Crippen molar-refractivity contribution >= 4 is 60.4 Å². The predicted octanol–water partition coefficient (Wildman–Crippen LogP) is 19.8. The number of hydrogen-bond donors (Lipinski definition) is 0. The topological polar surface area (TPSA) is 57.5 Å². The molecular formula is C70H60N4O2. The van der Waals surface area contributed by atoms with E-state index < -0.39 is 0 Å². The Balaban J connectivity index is 0.960. The van der Waals surface area contributed by atoms with Crippen LogP contribution in [0, 0.1) is 0 Å². The Kier molecular flexibility index (Phi) is 11.5. The van der Waals surface area contributed by atoms with Gasteiger partial charge in [0.15, 0.2) is 0 Å². The SMILES string of the molecule is CC(C)c1cc(-c2ccccc2)cc(C(C)C)c1-c1ccc2c3ccc(Oc4cccc(-c5nc6ccccc6n5-c5c(C(C)C)cc(-c6ccccc6)cc5C(C)C)c4)cc3c3nc4c5ccoc5ccc4n3c2c1. The van der Waals surface area contributed by atoms with Crippen LogP contribution in [0.3, 0.4) is 0 Å². The molecule has 4 aromatic heterocycles. The number of fused-ring (bicyclic) bond motifs is 11. The lowest BCUT2D eigenvalue weighted by Gasteiger charge is -2.24. The van der Waals surface area contributed by atoms with Crippen LogP contribution in [0.25, 0.3) is 111 Å². The Morgan fingerprint density at radius 1 is 0.408 bits per heavy atom. The molecule has 13 aromatic rings. The first-order valence-corrected chi connectivity index (χ1v) is 26.9. The molecule has 76 heavy (non-hydrogen) atoms. The molecule has 0 saturated carbocycles. The molecule has 0 bridgehead atoms. The lowest BCUT2D eigenvalue weighted by atomic mass is 9.82. The van der Waals surface area contributed by atoms with Crippen LogP contribution in [0.1, 0.15) is 101 Å². The Morgan fingerprint density at radius 3 is 1.68 bits per heavy atom. The number of nitrogens with zero attached hydrogens (tertiary/aromatic N) is 4. The number of aromatic nitrogens is 4. The molecule has 0 aliphatic carbocycles. The average Bonchev–Trinajstić information content (AvgIpc) is 4.34. The Labute approximate surface area is 443 Å². The van der Waals surface area contributed by atoms with E-state index in [-0.39, 0.29) is 11.8 Å².